The second-order valence-electron chi connectivity index (χ2n) is 3.50. The SMILES string of the molecule is C1CNCC(N2CCNC2)NC1. The van der Waals surface area contributed by atoms with E-state index >= 15 is 0 Å². The second kappa shape index (κ2) is 4.18. The normalized spacial score (nSPS) is 33.5. The Hall–Kier alpha value is -0.160. The third kappa shape index (κ3) is 1.95. The molecule has 1 unspecified atom stereocenters. The van der Waals surface area contributed by atoms with Crippen LogP contribution in [0.3, 0.4) is 0 Å². The molecule has 2 heterocycles. The Morgan fingerprint density at radius 2 is 2.08 bits per heavy atom. The van der Waals surface area contributed by atoms with Crippen LogP contribution < -0.4 is 16.0 Å². The molecule has 70 valence electrons. The average molecular weight is 170 g/mol. The van der Waals surface area contributed by atoms with E-state index in [1.54, 1.807) is 0 Å². The molecule has 4 nitrogen and oxygen atoms in total. The van der Waals surface area contributed by atoms with Gasteiger partial charge in [0, 0.05) is 26.3 Å². The highest BCUT2D eigenvalue weighted by molar-refractivity contribution is 4.78. The van der Waals surface area contributed by atoms with Crippen molar-refractivity contribution in [3.63, 3.8) is 0 Å². The summed E-state index contributed by atoms with van der Waals surface area (Å²) >= 11 is 0. The molecule has 2 saturated heterocycles. The molecule has 0 aliphatic carbocycles. The van der Waals surface area contributed by atoms with Gasteiger partial charge in [-0.3, -0.25) is 4.90 Å². The zero-order chi connectivity index (χ0) is 8.23. The van der Waals surface area contributed by atoms with E-state index in [1.807, 2.05) is 0 Å². The lowest BCUT2D eigenvalue weighted by atomic mass is 10.4. The minimum atomic E-state index is 0.544. The molecule has 0 bridgehead atoms. The third-order valence-corrected chi connectivity index (χ3v) is 2.58. The van der Waals surface area contributed by atoms with Gasteiger partial charge in [-0.15, -0.1) is 0 Å². The first-order chi connectivity index (χ1) is 5.97. The topological polar surface area (TPSA) is 39.3 Å². The second-order valence-corrected chi connectivity index (χ2v) is 3.50. The molecule has 0 saturated carbocycles. The highest BCUT2D eigenvalue weighted by atomic mass is 15.4. The molecule has 4 heteroatoms. The van der Waals surface area contributed by atoms with Crippen molar-refractivity contribution in [1.29, 1.82) is 0 Å². The summed E-state index contributed by atoms with van der Waals surface area (Å²) in [4.78, 5) is 2.46. The van der Waals surface area contributed by atoms with Crippen LogP contribution in [-0.4, -0.2) is 50.5 Å². The van der Waals surface area contributed by atoms with Gasteiger partial charge in [0.1, 0.15) is 0 Å². The first-order valence-electron chi connectivity index (χ1n) is 4.86. The molecule has 0 aromatic heterocycles. The van der Waals surface area contributed by atoms with Gasteiger partial charge in [0.25, 0.3) is 0 Å². The lowest BCUT2D eigenvalue weighted by Crippen LogP contribution is -2.49. The average Bonchev–Trinajstić information content (AvgIpc) is 2.48. The van der Waals surface area contributed by atoms with Gasteiger partial charge in [0.2, 0.25) is 0 Å². The number of rotatable bonds is 1. The van der Waals surface area contributed by atoms with E-state index in [4.69, 9.17) is 0 Å². The van der Waals surface area contributed by atoms with Crippen LogP contribution in [-0.2, 0) is 0 Å². The molecule has 1 atom stereocenters. The van der Waals surface area contributed by atoms with Crippen LogP contribution in [0, 0.1) is 0 Å². The lowest BCUT2D eigenvalue weighted by molar-refractivity contribution is 0.207. The molecule has 0 spiro atoms. The summed E-state index contributed by atoms with van der Waals surface area (Å²) in [6.45, 7) is 6.75. The fourth-order valence-electron chi connectivity index (χ4n) is 1.84. The van der Waals surface area contributed by atoms with Crippen molar-refractivity contribution < 1.29 is 0 Å². The summed E-state index contributed by atoms with van der Waals surface area (Å²) in [7, 11) is 0. The van der Waals surface area contributed by atoms with Crippen molar-refractivity contribution in [2.75, 3.05) is 39.4 Å². The predicted octanol–water partition coefficient (Wildman–Crippen LogP) is -1.24. The van der Waals surface area contributed by atoms with Crippen LogP contribution in [0.4, 0.5) is 0 Å². The number of hydrogen-bond acceptors (Lipinski definition) is 4. The smallest absolute Gasteiger partial charge is 0.0736 e. The van der Waals surface area contributed by atoms with Gasteiger partial charge < -0.3 is 16.0 Å². The Labute approximate surface area is 73.7 Å². The molecular weight excluding hydrogens is 152 g/mol. The van der Waals surface area contributed by atoms with E-state index < -0.39 is 0 Å². The summed E-state index contributed by atoms with van der Waals surface area (Å²) in [6, 6.07) is 0. The third-order valence-electron chi connectivity index (χ3n) is 2.58. The highest BCUT2D eigenvalue weighted by Gasteiger charge is 2.21. The molecule has 2 aliphatic rings. The molecule has 0 aromatic rings. The zero-order valence-electron chi connectivity index (χ0n) is 7.47. The predicted molar refractivity (Wildman–Crippen MR) is 48.9 cm³/mol. The minimum Gasteiger partial charge on any atom is -0.314 e. The molecule has 2 aliphatic heterocycles. The van der Waals surface area contributed by atoms with Crippen molar-refractivity contribution >= 4 is 0 Å². The van der Waals surface area contributed by atoms with Crippen molar-refractivity contribution in [2.24, 2.45) is 0 Å². The van der Waals surface area contributed by atoms with E-state index in [0.29, 0.717) is 6.17 Å². The van der Waals surface area contributed by atoms with Crippen molar-refractivity contribution in [3.8, 4) is 0 Å². The van der Waals surface area contributed by atoms with E-state index in [1.165, 1.54) is 13.0 Å². The van der Waals surface area contributed by atoms with Gasteiger partial charge in [-0.1, -0.05) is 0 Å². The van der Waals surface area contributed by atoms with Crippen molar-refractivity contribution in [1.82, 2.24) is 20.9 Å². The molecule has 0 aromatic carbocycles. The van der Waals surface area contributed by atoms with Gasteiger partial charge in [-0.05, 0) is 19.5 Å². The summed E-state index contributed by atoms with van der Waals surface area (Å²) in [5.74, 6) is 0. The summed E-state index contributed by atoms with van der Waals surface area (Å²) in [5.41, 5.74) is 0. The Morgan fingerprint density at radius 1 is 1.08 bits per heavy atom. The van der Waals surface area contributed by atoms with Gasteiger partial charge in [-0.2, -0.15) is 0 Å². The van der Waals surface area contributed by atoms with Crippen LogP contribution in [0.2, 0.25) is 0 Å². The van der Waals surface area contributed by atoms with Gasteiger partial charge in [-0.25, -0.2) is 0 Å². The van der Waals surface area contributed by atoms with Crippen LogP contribution in [0.15, 0.2) is 0 Å². The summed E-state index contributed by atoms with van der Waals surface area (Å²) in [5, 5.41) is 10.3. The number of nitrogens with zero attached hydrogens (tertiary/aromatic N) is 1. The van der Waals surface area contributed by atoms with Crippen molar-refractivity contribution in [3.05, 3.63) is 0 Å². The maximum absolute atomic E-state index is 3.55. The summed E-state index contributed by atoms with van der Waals surface area (Å²) in [6.07, 6.45) is 1.79. The standard InChI is InChI=1S/C8H18N4/c1-2-9-6-8(11-3-1)12-5-4-10-7-12/h8-11H,1-7H2. The van der Waals surface area contributed by atoms with Gasteiger partial charge in [0.05, 0.1) is 6.17 Å². The first kappa shape index (κ1) is 8.44. The molecule has 2 fully saturated rings. The van der Waals surface area contributed by atoms with E-state index in [9.17, 15) is 0 Å². The number of hydrogen-bond donors (Lipinski definition) is 3. The molecule has 3 N–H and O–H groups in total. The Kier molecular flexibility index (Phi) is 2.94. The maximum Gasteiger partial charge on any atom is 0.0736 e. The van der Waals surface area contributed by atoms with Crippen LogP contribution in [0.25, 0.3) is 0 Å². The van der Waals surface area contributed by atoms with Gasteiger partial charge >= 0.3 is 0 Å². The van der Waals surface area contributed by atoms with Gasteiger partial charge in [0.15, 0.2) is 0 Å². The maximum atomic E-state index is 3.55. The minimum absolute atomic E-state index is 0.544. The molecule has 0 amide bonds. The van der Waals surface area contributed by atoms with Crippen LogP contribution in [0.5, 0.6) is 0 Å². The fraction of sp³-hybridized carbons (Fsp3) is 1.00. The fourth-order valence-corrected chi connectivity index (χ4v) is 1.84. The molecule has 2 rings (SSSR count). The summed E-state index contributed by atoms with van der Waals surface area (Å²) < 4.78 is 0. The Bertz CT molecular complexity index is 125. The largest absolute Gasteiger partial charge is 0.314 e. The van der Waals surface area contributed by atoms with E-state index in [2.05, 4.69) is 20.9 Å². The number of nitrogens with one attached hydrogen (secondary N) is 3. The molecular formula is C8H18N4. The first-order valence-corrected chi connectivity index (χ1v) is 4.86. The highest BCUT2D eigenvalue weighted by Crippen LogP contribution is 2.00. The van der Waals surface area contributed by atoms with Crippen molar-refractivity contribution in [2.45, 2.75) is 12.6 Å². The van der Waals surface area contributed by atoms with Crippen LogP contribution >= 0.6 is 0 Å². The van der Waals surface area contributed by atoms with Crippen LogP contribution in [0.1, 0.15) is 6.42 Å². The zero-order valence-corrected chi connectivity index (χ0v) is 7.47. The Morgan fingerprint density at radius 3 is 2.92 bits per heavy atom. The molecule has 0 radical (unpaired) electrons. The Balaban J connectivity index is 1.83. The van der Waals surface area contributed by atoms with E-state index in [-0.39, 0.29) is 0 Å². The molecule has 12 heavy (non-hydrogen) atoms. The quantitative estimate of drug-likeness (QED) is 0.460. The van der Waals surface area contributed by atoms with E-state index in [0.717, 1.165) is 32.8 Å². The monoisotopic (exact) mass is 170 g/mol. The lowest BCUT2D eigenvalue weighted by Gasteiger charge is -2.26.